The van der Waals surface area contributed by atoms with Crippen molar-refractivity contribution in [2.45, 2.75) is 26.3 Å². The molecule has 0 aliphatic carbocycles. The second-order valence-electron chi connectivity index (χ2n) is 5.97. The number of urea groups is 1. The van der Waals surface area contributed by atoms with Crippen molar-refractivity contribution in [1.82, 2.24) is 15.1 Å². The summed E-state index contributed by atoms with van der Waals surface area (Å²) in [5.74, 6) is 0.652. The predicted molar refractivity (Wildman–Crippen MR) is 88.8 cm³/mol. The Kier molecular flexibility index (Phi) is 5.84. The van der Waals surface area contributed by atoms with Crippen LogP contribution in [-0.2, 0) is 0 Å². The van der Waals surface area contributed by atoms with Crippen molar-refractivity contribution in [3.8, 4) is 5.75 Å². The molecule has 1 N–H and O–H groups in total. The maximum atomic E-state index is 12.6. The van der Waals surface area contributed by atoms with Gasteiger partial charge in [-0.25, -0.2) is 4.79 Å². The summed E-state index contributed by atoms with van der Waals surface area (Å²) in [6.07, 6.45) is 0.779. The van der Waals surface area contributed by atoms with Gasteiger partial charge in [0.1, 0.15) is 5.75 Å². The van der Waals surface area contributed by atoms with Crippen LogP contribution in [0.25, 0.3) is 0 Å². The lowest BCUT2D eigenvalue weighted by Gasteiger charge is -2.23. The molecule has 0 spiro atoms. The van der Waals surface area contributed by atoms with Crippen LogP contribution in [-0.4, -0.2) is 61.1 Å². The third-order valence-corrected chi connectivity index (χ3v) is 3.80. The summed E-state index contributed by atoms with van der Waals surface area (Å²) in [7, 11) is 1.58. The van der Waals surface area contributed by atoms with Crippen LogP contribution in [0.3, 0.4) is 0 Å². The lowest BCUT2D eigenvalue weighted by molar-refractivity contribution is 0.0762. The lowest BCUT2D eigenvalue weighted by atomic mass is 10.2. The first-order valence-corrected chi connectivity index (χ1v) is 8.00. The fraction of sp³-hybridized carbons (Fsp3) is 0.529. The second kappa shape index (κ2) is 7.85. The molecule has 6 heteroatoms. The molecule has 3 amide bonds. The van der Waals surface area contributed by atoms with Crippen molar-refractivity contribution >= 4 is 11.9 Å². The molecule has 1 aliphatic heterocycles. The van der Waals surface area contributed by atoms with Gasteiger partial charge in [0.25, 0.3) is 5.91 Å². The molecule has 0 radical (unpaired) electrons. The number of benzene rings is 1. The van der Waals surface area contributed by atoms with E-state index >= 15 is 0 Å². The molecule has 0 aromatic heterocycles. The quantitative estimate of drug-likeness (QED) is 0.926. The van der Waals surface area contributed by atoms with Crippen LogP contribution >= 0.6 is 0 Å². The summed E-state index contributed by atoms with van der Waals surface area (Å²) in [5.41, 5.74) is 0.615. The highest BCUT2D eigenvalue weighted by Gasteiger charge is 2.23. The predicted octanol–water partition coefficient (Wildman–Crippen LogP) is 1.96. The van der Waals surface area contributed by atoms with Gasteiger partial charge in [-0.15, -0.1) is 0 Å². The van der Waals surface area contributed by atoms with Crippen molar-refractivity contribution < 1.29 is 14.3 Å². The van der Waals surface area contributed by atoms with Gasteiger partial charge in [0.15, 0.2) is 0 Å². The zero-order valence-electron chi connectivity index (χ0n) is 14.0. The Balaban J connectivity index is 1.99. The monoisotopic (exact) mass is 319 g/mol. The highest BCUT2D eigenvalue weighted by atomic mass is 16.5. The number of nitrogens with one attached hydrogen (secondary N) is 1. The fourth-order valence-electron chi connectivity index (χ4n) is 2.60. The van der Waals surface area contributed by atoms with Gasteiger partial charge in [0.2, 0.25) is 0 Å². The van der Waals surface area contributed by atoms with Crippen LogP contribution in [0.2, 0.25) is 0 Å². The summed E-state index contributed by atoms with van der Waals surface area (Å²) in [6, 6.07) is 7.22. The average molecular weight is 319 g/mol. The summed E-state index contributed by atoms with van der Waals surface area (Å²) < 4.78 is 5.17. The number of hydrogen-bond acceptors (Lipinski definition) is 3. The van der Waals surface area contributed by atoms with Crippen molar-refractivity contribution in [1.29, 1.82) is 0 Å². The molecule has 126 valence electrons. The maximum absolute atomic E-state index is 12.6. The van der Waals surface area contributed by atoms with Gasteiger partial charge >= 0.3 is 6.03 Å². The van der Waals surface area contributed by atoms with Crippen molar-refractivity contribution in [3.63, 3.8) is 0 Å². The molecule has 1 heterocycles. The smallest absolute Gasteiger partial charge is 0.317 e. The van der Waals surface area contributed by atoms with E-state index in [4.69, 9.17) is 4.74 Å². The molecule has 1 aliphatic rings. The third-order valence-electron chi connectivity index (χ3n) is 3.80. The van der Waals surface area contributed by atoms with Gasteiger partial charge in [-0.3, -0.25) is 4.79 Å². The Morgan fingerprint density at radius 2 is 1.83 bits per heavy atom. The van der Waals surface area contributed by atoms with Crippen LogP contribution < -0.4 is 10.1 Å². The summed E-state index contributed by atoms with van der Waals surface area (Å²) >= 11 is 0. The van der Waals surface area contributed by atoms with Crippen LogP contribution in [0, 0.1) is 0 Å². The van der Waals surface area contributed by atoms with Crippen LogP contribution in [0.1, 0.15) is 30.6 Å². The summed E-state index contributed by atoms with van der Waals surface area (Å²) in [4.78, 5) is 28.3. The maximum Gasteiger partial charge on any atom is 0.317 e. The Morgan fingerprint density at radius 3 is 2.52 bits per heavy atom. The molecule has 0 atom stereocenters. The Morgan fingerprint density at radius 1 is 1.13 bits per heavy atom. The molecule has 1 fully saturated rings. The lowest BCUT2D eigenvalue weighted by Crippen LogP contribution is -2.44. The van der Waals surface area contributed by atoms with Gasteiger partial charge in [0.05, 0.1) is 7.11 Å². The van der Waals surface area contributed by atoms with Gasteiger partial charge in [-0.1, -0.05) is 6.07 Å². The number of methoxy groups -OCH3 is 1. The normalized spacial score (nSPS) is 15.3. The molecule has 1 aromatic rings. The van der Waals surface area contributed by atoms with Crippen LogP contribution in [0.5, 0.6) is 5.75 Å². The molecular formula is C17H25N3O3. The standard InChI is InChI=1S/C17H25N3O3/c1-13(2)18-17(22)20-9-5-8-19(10-11-20)16(21)14-6-4-7-15(12-14)23-3/h4,6-7,12-13H,5,8-11H2,1-3H3,(H,18,22). The van der Waals surface area contributed by atoms with E-state index in [0.29, 0.717) is 37.5 Å². The number of nitrogens with zero attached hydrogens (tertiary/aromatic N) is 2. The zero-order chi connectivity index (χ0) is 16.8. The molecular weight excluding hydrogens is 294 g/mol. The molecule has 0 saturated carbocycles. The molecule has 23 heavy (non-hydrogen) atoms. The first-order chi connectivity index (χ1) is 11.0. The highest BCUT2D eigenvalue weighted by molar-refractivity contribution is 5.94. The Labute approximate surface area is 137 Å². The van der Waals surface area contributed by atoms with E-state index in [9.17, 15) is 9.59 Å². The number of hydrogen-bond donors (Lipinski definition) is 1. The number of amides is 3. The Bertz CT molecular complexity index is 560. The van der Waals surface area contributed by atoms with E-state index in [1.807, 2.05) is 26.0 Å². The van der Waals surface area contributed by atoms with Crippen LogP contribution in [0.15, 0.2) is 24.3 Å². The topological polar surface area (TPSA) is 61.9 Å². The minimum Gasteiger partial charge on any atom is -0.497 e. The average Bonchev–Trinajstić information content (AvgIpc) is 2.79. The van der Waals surface area contributed by atoms with E-state index < -0.39 is 0 Å². The van der Waals surface area contributed by atoms with E-state index in [-0.39, 0.29) is 18.0 Å². The van der Waals surface area contributed by atoms with Crippen LogP contribution in [0.4, 0.5) is 4.79 Å². The van der Waals surface area contributed by atoms with E-state index in [2.05, 4.69) is 5.32 Å². The zero-order valence-corrected chi connectivity index (χ0v) is 14.0. The van der Waals surface area contributed by atoms with Gasteiger partial charge < -0.3 is 19.9 Å². The van der Waals surface area contributed by atoms with Gasteiger partial charge in [0, 0.05) is 37.8 Å². The number of carbonyl (C=O) groups is 2. The van der Waals surface area contributed by atoms with E-state index in [0.717, 1.165) is 6.42 Å². The summed E-state index contributed by atoms with van der Waals surface area (Å²) in [6.45, 7) is 6.29. The van der Waals surface area contributed by atoms with Crippen molar-refractivity contribution in [2.24, 2.45) is 0 Å². The van der Waals surface area contributed by atoms with E-state index in [1.54, 1.807) is 29.0 Å². The molecule has 6 nitrogen and oxygen atoms in total. The largest absolute Gasteiger partial charge is 0.497 e. The van der Waals surface area contributed by atoms with Gasteiger partial charge in [-0.05, 0) is 38.5 Å². The first kappa shape index (κ1) is 17.1. The molecule has 0 unspecified atom stereocenters. The molecule has 1 saturated heterocycles. The minimum absolute atomic E-state index is 0.0185. The van der Waals surface area contributed by atoms with Crippen molar-refractivity contribution in [3.05, 3.63) is 29.8 Å². The second-order valence-corrected chi connectivity index (χ2v) is 5.97. The number of carbonyl (C=O) groups excluding carboxylic acids is 2. The third kappa shape index (κ3) is 4.61. The fourth-order valence-corrected chi connectivity index (χ4v) is 2.60. The molecule has 0 bridgehead atoms. The highest BCUT2D eigenvalue weighted by Crippen LogP contribution is 2.15. The number of rotatable bonds is 3. The molecule has 2 rings (SSSR count). The Hall–Kier alpha value is -2.24. The molecule has 1 aromatic carbocycles. The number of ether oxygens (including phenoxy) is 1. The van der Waals surface area contributed by atoms with Gasteiger partial charge in [-0.2, -0.15) is 0 Å². The van der Waals surface area contributed by atoms with Crippen molar-refractivity contribution in [2.75, 3.05) is 33.3 Å². The first-order valence-electron chi connectivity index (χ1n) is 8.00. The van der Waals surface area contributed by atoms with E-state index in [1.165, 1.54) is 0 Å². The SMILES string of the molecule is COc1cccc(C(=O)N2CCCN(C(=O)NC(C)C)CC2)c1. The minimum atomic E-state index is -0.0596. The summed E-state index contributed by atoms with van der Waals surface area (Å²) in [5, 5.41) is 2.90.